The summed E-state index contributed by atoms with van der Waals surface area (Å²) in [5.74, 6) is 0.725. The molecule has 1 rings (SSSR count). The van der Waals surface area contributed by atoms with Gasteiger partial charge in [-0.2, -0.15) is 0 Å². The van der Waals surface area contributed by atoms with Crippen molar-refractivity contribution in [3.63, 3.8) is 0 Å². The molecule has 90 valence electrons. The van der Waals surface area contributed by atoms with Crippen molar-refractivity contribution in [1.29, 1.82) is 0 Å². The molecule has 0 fully saturated rings. The van der Waals surface area contributed by atoms with E-state index in [2.05, 4.69) is 5.32 Å². The van der Waals surface area contributed by atoms with E-state index in [9.17, 15) is 4.21 Å². The Kier molecular flexibility index (Phi) is 6.36. The summed E-state index contributed by atoms with van der Waals surface area (Å²) in [5, 5.41) is 4.59. The van der Waals surface area contributed by atoms with Gasteiger partial charge in [0.05, 0.1) is 0 Å². The van der Waals surface area contributed by atoms with Gasteiger partial charge in [0.15, 0.2) is 0 Å². The minimum atomic E-state index is -0.714. The number of hydrogen-bond acceptors (Lipinski definition) is 2. The molecule has 0 bridgehead atoms. The first-order chi connectivity index (χ1) is 7.61. The summed E-state index contributed by atoms with van der Waals surface area (Å²) in [6, 6.07) is 5.48. The van der Waals surface area contributed by atoms with Crippen LogP contribution in [0.2, 0.25) is 10.0 Å². The van der Waals surface area contributed by atoms with E-state index < -0.39 is 10.8 Å². The van der Waals surface area contributed by atoms with Crippen molar-refractivity contribution in [1.82, 2.24) is 5.32 Å². The molecule has 0 aromatic heterocycles. The molecule has 0 heterocycles. The van der Waals surface area contributed by atoms with Crippen molar-refractivity contribution in [3.05, 3.63) is 33.8 Å². The second-order valence-electron chi connectivity index (χ2n) is 3.51. The lowest BCUT2D eigenvalue weighted by Gasteiger charge is -2.08. The Morgan fingerprint density at radius 2 is 1.94 bits per heavy atom. The second-order valence-corrected chi connectivity index (χ2v) is 5.88. The first-order valence-corrected chi connectivity index (χ1v) is 7.53. The van der Waals surface area contributed by atoms with E-state index in [1.807, 2.05) is 18.2 Å². The zero-order valence-electron chi connectivity index (χ0n) is 9.13. The lowest BCUT2D eigenvalue weighted by molar-refractivity contribution is 0.662. The van der Waals surface area contributed by atoms with E-state index in [0.29, 0.717) is 16.6 Å². The fourth-order valence-corrected chi connectivity index (χ4v) is 2.40. The highest BCUT2D eigenvalue weighted by Gasteiger charge is 2.04. The van der Waals surface area contributed by atoms with Crippen molar-refractivity contribution in [2.24, 2.45) is 0 Å². The van der Waals surface area contributed by atoms with Crippen molar-refractivity contribution >= 4 is 34.0 Å². The molecule has 1 aromatic rings. The Balaban J connectivity index is 2.34. The molecule has 0 aliphatic carbocycles. The highest BCUT2D eigenvalue weighted by Crippen LogP contribution is 2.23. The van der Waals surface area contributed by atoms with Crippen LogP contribution in [0.4, 0.5) is 0 Å². The molecule has 1 atom stereocenters. The van der Waals surface area contributed by atoms with Gasteiger partial charge in [-0.3, -0.25) is 4.21 Å². The number of benzene rings is 1. The maximum atomic E-state index is 10.8. The summed E-state index contributed by atoms with van der Waals surface area (Å²) in [5.41, 5.74) is 0.920. The van der Waals surface area contributed by atoms with Crippen LogP contribution >= 0.6 is 23.2 Å². The third-order valence-electron chi connectivity index (χ3n) is 2.15. The van der Waals surface area contributed by atoms with Gasteiger partial charge in [0.25, 0.3) is 0 Å². The largest absolute Gasteiger partial charge is 0.313 e. The highest BCUT2D eigenvalue weighted by molar-refractivity contribution is 7.84. The molecular formula is C11H15Cl2NOS. The summed E-state index contributed by atoms with van der Waals surface area (Å²) < 4.78 is 10.8. The summed E-state index contributed by atoms with van der Waals surface area (Å²) in [6.45, 7) is 1.47. The molecule has 0 saturated carbocycles. The van der Waals surface area contributed by atoms with E-state index in [4.69, 9.17) is 23.2 Å². The van der Waals surface area contributed by atoms with Crippen molar-refractivity contribution in [2.75, 3.05) is 18.6 Å². The molecule has 0 amide bonds. The highest BCUT2D eigenvalue weighted by atomic mass is 35.5. The molecule has 2 nitrogen and oxygen atoms in total. The Labute approximate surface area is 109 Å². The molecule has 1 N–H and O–H groups in total. The first-order valence-electron chi connectivity index (χ1n) is 5.05. The van der Waals surface area contributed by atoms with Gasteiger partial charge in [0, 0.05) is 45.0 Å². The lowest BCUT2D eigenvalue weighted by Crippen LogP contribution is -2.17. The topological polar surface area (TPSA) is 29.1 Å². The Morgan fingerprint density at radius 1 is 1.31 bits per heavy atom. The van der Waals surface area contributed by atoms with Crippen LogP contribution in [-0.4, -0.2) is 22.8 Å². The molecule has 0 radical (unpaired) electrons. The number of halogens is 2. The maximum absolute atomic E-state index is 10.8. The Morgan fingerprint density at radius 3 is 2.50 bits per heavy atom. The van der Waals surface area contributed by atoms with Crippen LogP contribution in [0.25, 0.3) is 0 Å². The van der Waals surface area contributed by atoms with Crippen LogP contribution < -0.4 is 5.32 Å². The molecule has 0 spiro atoms. The molecule has 1 unspecified atom stereocenters. The van der Waals surface area contributed by atoms with Crippen LogP contribution in [0.3, 0.4) is 0 Å². The van der Waals surface area contributed by atoms with Crippen molar-refractivity contribution in [3.8, 4) is 0 Å². The molecule has 0 aliphatic heterocycles. The van der Waals surface area contributed by atoms with E-state index in [-0.39, 0.29) is 0 Å². The van der Waals surface area contributed by atoms with Gasteiger partial charge < -0.3 is 5.32 Å². The van der Waals surface area contributed by atoms with Gasteiger partial charge in [-0.25, -0.2) is 0 Å². The summed E-state index contributed by atoms with van der Waals surface area (Å²) >= 11 is 12.0. The third kappa shape index (κ3) is 4.83. The van der Waals surface area contributed by atoms with E-state index >= 15 is 0 Å². The molecule has 0 aliphatic rings. The van der Waals surface area contributed by atoms with Crippen LogP contribution in [0.1, 0.15) is 12.0 Å². The number of nitrogens with one attached hydrogen (secondary N) is 1. The Hall–Kier alpha value is -0.0900. The average Bonchev–Trinajstić information content (AvgIpc) is 2.21. The van der Waals surface area contributed by atoms with Crippen molar-refractivity contribution < 1.29 is 4.21 Å². The Bertz CT molecular complexity index is 351. The van der Waals surface area contributed by atoms with Crippen LogP contribution in [0.15, 0.2) is 18.2 Å². The quantitative estimate of drug-likeness (QED) is 0.812. The monoisotopic (exact) mass is 279 g/mol. The molecule has 1 aromatic carbocycles. The minimum absolute atomic E-state index is 0.648. The number of hydrogen-bond donors (Lipinski definition) is 1. The molecular weight excluding hydrogens is 265 g/mol. The van der Waals surface area contributed by atoms with Gasteiger partial charge in [0.2, 0.25) is 0 Å². The third-order valence-corrected chi connectivity index (χ3v) is 3.72. The van der Waals surface area contributed by atoms with Crippen LogP contribution in [0.5, 0.6) is 0 Å². The van der Waals surface area contributed by atoms with Gasteiger partial charge in [-0.05, 0) is 25.1 Å². The predicted octanol–water partition coefficient (Wildman–Crippen LogP) is 2.85. The summed E-state index contributed by atoms with van der Waals surface area (Å²) in [4.78, 5) is 0. The average molecular weight is 280 g/mol. The summed E-state index contributed by atoms with van der Waals surface area (Å²) in [6.07, 6.45) is 2.61. The van der Waals surface area contributed by atoms with E-state index in [1.54, 1.807) is 6.26 Å². The summed E-state index contributed by atoms with van der Waals surface area (Å²) in [7, 11) is -0.714. The first kappa shape index (κ1) is 14.0. The zero-order valence-corrected chi connectivity index (χ0v) is 11.5. The van der Waals surface area contributed by atoms with Gasteiger partial charge >= 0.3 is 0 Å². The molecule has 5 heteroatoms. The van der Waals surface area contributed by atoms with Gasteiger partial charge in [0.1, 0.15) is 0 Å². The van der Waals surface area contributed by atoms with E-state index in [1.165, 1.54) is 0 Å². The lowest BCUT2D eigenvalue weighted by atomic mass is 10.2. The predicted molar refractivity (Wildman–Crippen MR) is 71.7 cm³/mol. The zero-order chi connectivity index (χ0) is 12.0. The van der Waals surface area contributed by atoms with Gasteiger partial charge in [-0.15, -0.1) is 0 Å². The smallest absolute Gasteiger partial charge is 0.0465 e. The van der Waals surface area contributed by atoms with Crippen LogP contribution in [-0.2, 0) is 17.3 Å². The second kappa shape index (κ2) is 7.28. The fourth-order valence-electron chi connectivity index (χ4n) is 1.32. The van der Waals surface area contributed by atoms with Gasteiger partial charge in [-0.1, -0.05) is 29.3 Å². The molecule has 0 saturated heterocycles. The standard InChI is InChI=1S/C11H15Cl2NOS/c1-16(15)7-3-6-14-8-9-10(12)4-2-5-11(9)13/h2,4-5,14H,3,6-8H2,1H3. The van der Waals surface area contributed by atoms with Crippen molar-refractivity contribution in [2.45, 2.75) is 13.0 Å². The maximum Gasteiger partial charge on any atom is 0.0465 e. The normalized spacial score (nSPS) is 12.7. The van der Waals surface area contributed by atoms with Crippen LogP contribution in [0, 0.1) is 0 Å². The SMILES string of the molecule is CS(=O)CCCNCc1c(Cl)cccc1Cl. The molecule has 16 heavy (non-hydrogen) atoms. The fraction of sp³-hybridized carbons (Fsp3) is 0.455. The number of rotatable bonds is 6. The van der Waals surface area contributed by atoms with E-state index in [0.717, 1.165) is 24.3 Å². The minimum Gasteiger partial charge on any atom is -0.313 e.